The summed E-state index contributed by atoms with van der Waals surface area (Å²) in [6.07, 6.45) is 4.04. The smallest absolute Gasteiger partial charge is 0.157 e. The minimum absolute atomic E-state index is 0.172. The van der Waals surface area contributed by atoms with Crippen LogP contribution in [0.25, 0.3) is 0 Å². The summed E-state index contributed by atoms with van der Waals surface area (Å²) in [7, 11) is 0. The third kappa shape index (κ3) is 3.63. The summed E-state index contributed by atoms with van der Waals surface area (Å²) in [4.78, 5) is 15.5. The first-order valence-electron chi connectivity index (χ1n) is 9.73. The van der Waals surface area contributed by atoms with Gasteiger partial charge in [-0.25, -0.2) is 14.4 Å². The molecule has 6 nitrogen and oxygen atoms in total. The van der Waals surface area contributed by atoms with Crippen molar-refractivity contribution in [2.45, 2.75) is 19.8 Å². The van der Waals surface area contributed by atoms with Gasteiger partial charge in [0.25, 0.3) is 0 Å². The number of piperidine rings is 1. The SMILES string of the molecule is CC1CCCN(c2ncnc(N3CCN(c4ccccc4F)CC3)c2N)C1. The van der Waals surface area contributed by atoms with Crippen molar-refractivity contribution in [2.24, 2.45) is 5.92 Å². The monoisotopic (exact) mass is 370 g/mol. The van der Waals surface area contributed by atoms with Crippen molar-refractivity contribution in [1.82, 2.24) is 9.97 Å². The van der Waals surface area contributed by atoms with Crippen molar-refractivity contribution < 1.29 is 4.39 Å². The predicted octanol–water partition coefficient (Wildman–Crippen LogP) is 2.76. The highest BCUT2D eigenvalue weighted by atomic mass is 19.1. The Morgan fingerprint density at radius 2 is 1.63 bits per heavy atom. The average Bonchev–Trinajstić information content (AvgIpc) is 2.69. The van der Waals surface area contributed by atoms with Gasteiger partial charge in [0.2, 0.25) is 0 Å². The Kier molecular flexibility index (Phi) is 5.01. The van der Waals surface area contributed by atoms with Crippen LogP contribution in [0.4, 0.5) is 27.4 Å². The lowest BCUT2D eigenvalue weighted by molar-refractivity contribution is 0.445. The molecular weight excluding hydrogens is 343 g/mol. The number of benzene rings is 1. The predicted molar refractivity (Wildman–Crippen MR) is 108 cm³/mol. The summed E-state index contributed by atoms with van der Waals surface area (Å²) >= 11 is 0. The molecule has 1 unspecified atom stereocenters. The van der Waals surface area contributed by atoms with E-state index in [1.54, 1.807) is 12.4 Å². The number of nitrogen functional groups attached to an aromatic ring is 1. The molecule has 144 valence electrons. The highest BCUT2D eigenvalue weighted by Crippen LogP contribution is 2.32. The molecule has 2 saturated heterocycles. The van der Waals surface area contributed by atoms with Gasteiger partial charge in [0.15, 0.2) is 11.6 Å². The molecule has 1 aromatic carbocycles. The first-order chi connectivity index (χ1) is 13.1. The zero-order chi connectivity index (χ0) is 18.8. The molecule has 0 aliphatic carbocycles. The summed E-state index contributed by atoms with van der Waals surface area (Å²) in [5.41, 5.74) is 7.80. The van der Waals surface area contributed by atoms with Crippen LogP contribution in [-0.4, -0.2) is 49.2 Å². The Bertz CT molecular complexity index is 790. The van der Waals surface area contributed by atoms with Crippen molar-refractivity contribution in [3.05, 3.63) is 36.4 Å². The maximum absolute atomic E-state index is 14.0. The van der Waals surface area contributed by atoms with Crippen LogP contribution in [0.3, 0.4) is 0 Å². The Morgan fingerprint density at radius 3 is 2.33 bits per heavy atom. The lowest BCUT2D eigenvalue weighted by Crippen LogP contribution is -2.47. The number of piperazine rings is 1. The van der Waals surface area contributed by atoms with Crippen LogP contribution in [0, 0.1) is 11.7 Å². The summed E-state index contributed by atoms with van der Waals surface area (Å²) < 4.78 is 14.0. The van der Waals surface area contributed by atoms with Crippen LogP contribution in [0.15, 0.2) is 30.6 Å². The van der Waals surface area contributed by atoms with Gasteiger partial charge in [-0.05, 0) is 30.9 Å². The van der Waals surface area contributed by atoms with Crippen molar-refractivity contribution in [2.75, 3.05) is 59.7 Å². The third-order valence-corrected chi connectivity index (χ3v) is 5.57. The normalized spacial score (nSPS) is 20.8. The zero-order valence-electron chi connectivity index (χ0n) is 15.8. The van der Waals surface area contributed by atoms with Gasteiger partial charge in [0.05, 0.1) is 5.69 Å². The van der Waals surface area contributed by atoms with Gasteiger partial charge in [-0.15, -0.1) is 0 Å². The molecule has 2 aliphatic heterocycles. The number of rotatable bonds is 3. The van der Waals surface area contributed by atoms with E-state index < -0.39 is 0 Å². The highest BCUT2D eigenvalue weighted by Gasteiger charge is 2.25. The number of nitrogens with two attached hydrogens (primary N) is 1. The van der Waals surface area contributed by atoms with Crippen LogP contribution in [-0.2, 0) is 0 Å². The van der Waals surface area contributed by atoms with E-state index in [4.69, 9.17) is 5.73 Å². The second-order valence-corrected chi connectivity index (χ2v) is 7.55. The number of anilines is 4. The number of hydrogen-bond donors (Lipinski definition) is 1. The fraction of sp³-hybridized carbons (Fsp3) is 0.500. The molecule has 0 amide bonds. The van der Waals surface area contributed by atoms with E-state index in [9.17, 15) is 4.39 Å². The fourth-order valence-electron chi connectivity index (χ4n) is 4.13. The molecule has 0 bridgehead atoms. The van der Waals surface area contributed by atoms with Gasteiger partial charge in [0, 0.05) is 39.3 Å². The van der Waals surface area contributed by atoms with E-state index in [-0.39, 0.29) is 5.82 Å². The molecule has 3 heterocycles. The first-order valence-corrected chi connectivity index (χ1v) is 9.73. The van der Waals surface area contributed by atoms with E-state index in [2.05, 4.69) is 31.6 Å². The van der Waals surface area contributed by atoms with Crippen LogP contribution in [0.5, 0.6) is 0 Å². The van der Waals surface area contributed by atoms with E-state index in [1.165, 1.54) is 18.9 Å². The summed E-state index contributed by atoms with van der Waals surface area (Å²) in [6.45, 7) is 7.23. The van der Waals surface area contributed by atoms with Gasteiger partial charge < -0.3 is 20.4 Å². The van der Waals surface area contributed by atoms with E-state index in [0.717, 1.165) is 50.9 Å². The molecule has 0 spiro atoms. The van der Waals surface area contributed by atoms with Crippen molar-refractivity contribution in [1.29, 1.82) is 0 Å². The van der Waals surface area contributed by atoms with Crippen LogP contribution < -0.4 is 20.4 Å². The minimum Gasteiger partial charge on any atom is -0.393 e. The first kappa shape index (κ1) is 17.8. The number of nitrogens with zero attached hydrogens (tertiary/aromatic N) is 5. The largest absolute Gasteiger partial charge is 0.393 e. The van der Waals surface area contributed by atoms with Crippen LogP contribution in [0.2, 0.25) is 0 Å². The molecule has 2 aromatic rings. The van der Waals surface area contributed by atoms with Crippen LogP contribution in [0.1, 0.15) is 19.8 Å². The van der Waals surface area contributed by atoms with Gasteiger partial charge in [0.1, 0.15) is 17.8 Å². The van der Waals surface area contributed by atoms with Crippen molar-refractivity contribution in [3.63, 3.8) is 0 Å². The Morgan fingerprint density at radius 1 is 0.963 bits per heavy atom. The standard InChI is InChI=1S/C20H27FN6/c1-15-5-4-8-27(13-15)20-18(22)19(23-14-24-20)26-11-9-25(10-12-26)17-7-3-2-6-16(17)21/h2-3,6-7,14-15H,4-5,8-13,22H2,1H3. The van der Waals surface area contributed by atoms with Gasteiger partial charge in [-0.3, -0.25) is 0 Å². The maximum atomic E-state index is 14.0. The molecule has 7 heteroatoms. The second-order valence-electron chi connectivity index (χ2n) is 7.55. The number of hydrogen-bond acceptors (Lipinski definition) is 6. The molecule has 2 fully saturated rings. The Hall–Kier alpha value is -2.57. The molecule has 27 heavy (non-hydrogen) atoms. The summed E-state index contributed by atoms with van der Waals surface area (Å²) in [5, 5.41) is 0. The molecule has 0 saturated carbocycles. The Balaban J connectivity index is 1.49. The summed E-state index contributed by atoms with van der Waals surface area (Å²) in [5.74, 6) is 2.13. The fourth-order valence-corrected chi connectivity index (χ4v) is 4.13. The van der Waals surface area contributed by atoms with E-state index in [1.807, 2.05) is 12.1 Å². The second kappa shape index (κ2) is 7.58. The average molecular weight is 370 g/mol. The van der Waals surface area contributed by atoms with Gasteiger partial charge in [-0.2, -0.15) is 0 Å². The molecule has 2 aliphatic rings. The van der Waals surface area contributed by atoms with Gasteiger partial charge in [-0.1, -0.05) is 19.1 Å². The third-order valence-electron chi connectivity index (χ3n) is 5.57. The quantitative estimate of drug-likeness (QED) is 0.896. The number of aromatic nitrogens is 2. The molecule has 1 aromatic heterocycles. The van der Waals surface area contributed by atoms with Crippen LogP contribution >= 0.6 is 0 Å². The molecule has 4 rings (SSSR count). The Labute approximate surface area is 159 Å². The summed E-state index contributed by atoms with van der Waals surface area (Å²) in [6, 6.07) is 6.94. The number of halogens is 1. The topological polar surface area (TPSA) is 61.5 Å². The van der Waals surface area contributed by atoms with Crippen molar-refractivity contribution >= 4 is 23.0 Å². The molecule has 1 atom stereocenters. The number of para-hydroxylation sites is 1. The van der Waals surface area contributed by atoms with Crippen molar-refractivity contribution in [3.8, 4) is 0 Å². The lowest BCUT2D eigenvalue weighted by Gasteiger charge is -2.38. The molecule has 0 radical (unpaired) electrons. The zero-order valence-corrected chi connectivity index (χ0v) is 15.8. The molecule has 2 N–H and O–H groups in total. The maximum Gasteiger partial charge on any atom is 0.157 e. The lowest BCUT2D eigenvalue weighted by atomic mass is 10.0. The van der Waals surface area contributed by atoms with Gasteiger partial charge >= 0.3 is 0 Å². The van der Waals surface area contributed by atoms with E-state index in [0.29, 0.717) is 17.3 Å². The highest BCUT2D eigenvalue weighted by molar-refractivity contribution is 5.76. The van der Waals surface area contributed by atoms with E-state index >= 15 is 0 Å². The molecular formula is C20H27FN6. The minimum atomic E-state index is -0.172.